The van der Waals surface area contributed by atoms with Gasteiger partial charge in [-0.05, 0) is 91.7 Å². The average Bonchev–Trinajstić information content (AvgIpc) is 3.18. The van der Waals surface area contributed by atoms with Crippen LogP contribution in [0.5, 0.6) is 0 Å². The number of aliphatic imine (C=N–C) groups is 1. The van der Waals surface area contributed by atoms with Crippen molar-refractivity contribution in [3.05, 3.63) is 69.2 Å². The predicted molar refractivity (Wildman–Crippen MR) is 171 cm³/mol. The Labute approximate surface area is 259 Å². The van der Waals surface area contributed by atoms with Crippen molar-refractivity contribution in [3.8, 4) is 0 Å². The second-order valence-electron chi connectivity index (χ2n) is 13.3. The number of nitrogens with two attached hydrogens (primary N) is 1. The van der Waals surface area contributed by atoms with Gasteiger partial charge in [0, 0.05) is 21.2 Å². The molecule has 2 aliphatic rings. The maximum Gasteiger partial charge on any atom is 0.275 e. The maximum absolute atomic E-state index is 14.5. The van der Waals surface area contributed by atoms with Gasteiger partial charge in [0.2, 0.25) is 0 Å². The van der Waals surface area contributed by atoms with Crippen molar-refractivity contribution >= 4 is 46.6 Å². The third-order valence-corrected chi connectivity index (χ3v) is 9.01. The molecule has 7 nitrogen and oxygen atoms in total. The molecule has 1 unspecified atom stereocenters. The summed E-state index contributed by atoms with van der Waals surface area (Å²) < 4.78 is 0. The van der Waals surface area contributed by atoms with Crippen molar-refractivity contribution in [3.63, 3.8) is 0 Å². The molecule has 2 aromatic carbocycles. The van der Waals surface area contributed by atoms with E-state index in [1.165, 1.54) is 0 Å². The summed E-state index contributed by atoms with van der Waals surface area (Å²) in [4.78, 5) is 34.4. The number of hydrogen-bond acceptors (Lipinski definition) is 4. The summed E-state index contributed by atoms with van der Waals surface area (Å²) in [5.41, 5.74) is 7.27. The Hall–Kier alpha value is -2.90. The minimum Gasteiger partial charge on any atom is -0.386 e. The van der Waals surface area contributed by atoms with Gasteiger partial charge in [-0.25, -0.2) is 0 Å². The number of carbonyl (C=O) groups is 2. The Morgan fingerprint density at radius 3 is 2.24 bits per heavy atom. The van der Waals surface area contributed by atoms with E-state index in [9.17, 15) is 9.59 Å². The summed E-state index contributed by atoms with van der Waals surface area (Å²) >= 11 is 12.7. The van der Waals surface area contributed by atoms with Crippen LogP contribution in [-0.2, 0) is 4.79 Å². The first-order chi connectivity index (χ1) is 19.7. The van der Waals surface area contributed by atoms with Crippen LogP contribution in [0.25, 0.3) is 0 Å². The Morgan fingerprint density at radius 1 is 1.12 bits per heavy atom. The molecule has 0 radical (unpaired) electrons. The first-order valence-electron chi connectivity index (χ1n) is 14.8. The number of rotatable bonds is 9. The molecule has 0 bridgehead atoms. The van der Waals surface area contributed by atoms with Crippen LogP contribution in [0.1, 0.15) is 101 Å². The highest BCUT2D eigenvalue weighted by molar-refractivity contribution is 6.47. The van der Waals surface area contributed by atoms with Crippen LogP contribution in [0, 0.1) is 22.7 Å². The lowest BCUT2D eigenvalue weighted by Gasteiger charge is -2.46. The molecule has 1 saturated carbocycles. The molecule has 226 valence electrons. The van der Waals surface area contributed by atoms with E-state index >= 15 is 0 Å². The molecule has 2 amide bonds. The van der Waals surface area contributed by atoms with Gasteiger partial charge in [0.25, 0.3) is 11.8 Å². The van der Waals surface area contributed by atoms with Crippen LogP contribution in [0.3, 0.4) is 0 Å². The highest BCUT2D eigenvalue weighted by atomic mass is 35.5. The minimum absolute atomic E-state index is 0.00933. The highest BCUT2D eigenvalue weighted by Gasteiger charge is 2.52. The number of carbonyl (C=O) groups excluding carboxylic acids is 2. The second kappa shape index (κ2) is 12.8. The van der Waals surface area contributed by atoms with Gasteiger partial charge in [-0.15, -0.1) is 0 Å². The number of amides is 2. The minimum atomic E-state index is -0.660. The molecule has 1 fully saturated rings. The van der Waals surface area contributed by atoms with Gasteiger partial charge >= 0.3 is 0 Å². The molecule has 1 heterocycles. The van der Waals surface area contributed by atoms with Crippen molar-refractivity contribution in [2.45, 2.75) is 84.8 Å². The average molecular weight is 613 g/mol. The Kier molecular flexibility index (Phi) is 9.73. The van der Waals surface area contributed by atoms with E-state index in [0.717, 1.165) is 44.1 Å². The summed E-state index contributed by atoms with van der Waals surface area (Å²) in [5, 5.41) is 11.0. The van der Waals surface area contributed by atoms with Gasteiger partial charge in [0.15, 0.2) is 0 Å². The lowest BCUT2D eigenvalue weighted by molar-refractivity contribution is -0.133. The zero-order valence-corrected chi connectivity index (χ0v) is 26.8. The third kappa shape index (κ3) is 7.35. The van der Waals surface area contributed by atoms with E-state index in [4.69, 9.17) is 39.3 Å². The second-order valence-corrected chi connectivity index (χ2v) is 14.2. The number of nitrogens with zero attached hydrogens (tertiary/aromatic N) is 2. The molecule has 0 aromatic heterocycles. The molecular weight excluding hydrogens is 569 g/mol. The number of hydrogen-bond donors (Lipinski definition) is 3. The smallest absolute Gasteiger partial charge is 0.275 e. The fraction of sp³-hybridized carbons (Fsp3) is 0.515. The standard InChI is InChI=1S/C33H43Cl2N5O2/c1-20(2)21-10-14-33(15-11-21)39-29(24-16-25(34)18-26(35)17-24)31(42)40(33)27(12-13-32(3,4)5)22-6-8-23(9-7-22)30(41)38-19-28(36)37/h6-9,16-18,20-21,27H,10-15,19H2,1-5H3,(H3,36,37)(H,38,41). The van der Waals surface area contributed by atoms with Crippen LogP contribution in [0.4, 0.5) is 0 Å². The normalized spacial score (nSPS) is 21.5. The van der Waals surface area contributed by atoms with Gasteiger partial charge in [-0.1, -0.05) is 70.0 Å². The fourth-order valence-electron chi connectivity index (χ4n) is 6.19. The van der Waals surface area contributed by atoms with Crippen molar-refractivity contribution in [1.82, 2.24) is 10.2 Å². The largest absolute Gasteiger partial charge is 0.386 e. The van der Waals surface area contributed by atoms with Gasteiger partial charge in [0.05, 0.1) is 12.6 Å². The molecular formula is C33H43Cl2N5O2. The first-order valence-corrected chi connectivity index (χ1v) is 15.6. The molecule has 0 saturated heterocycles. The number of halogens is 2. The third-order valence-electron chi connectivity index (χ3n) is 8.58. The van der Waals surface area contributed by atoms with Crippen molar-refractivity contribution in [2.24, 2.45) is 28.0 Å². The van der Waals surface area contributed by atoms with Gasteiger partial charge < -0.3 is 16.0 Å². The van der Waals surface area contributed by atoms with Crippen LogP contribution >= 0.6 is 23.2 Å². The molecule has 1 atom stereocenters. The summed E-state index contributed by atoms with van der Waals surface area (Å²) in [5.74, 6) is 0.643. The van der Waals surface area contributed by atoms with Gasteiger partial charge in [-0.2, -0.15) is 0 Å². The number of nitrogens with one attached hydrogen (secondary N) is 2. The quantitative estimate of drug-likeness (QED) is 0.203. The lowest BCUT2D eigenvalue weighted by Crippen LogP contribution is -2.51. The summed E-state index contributed by atoms with van der Waals surface area (Å²) in [7, 11) is 0. The molecule has 42 heavy (non-hydrogen) atoms. The van der Waals surface area contributed by atoms with Gasteiger partial charge in [-0.3, -0.25) is 20.0 Å². The van der Waals surface area contributed by atoms with E-state index in [-0.39, 0.29) is 35.7 Å². The maximum atomic E-state index is 14.5. The summed E-state index contributed by atoms with van der Waals surface area (Å²) in [6, 6.07) is 12.4. The SMILES string of the molecule is CC(C)C1CCC2(CC1)N=C(c1cc(Cl)cc(Cl)c1)C(=O)N2C(CCC(C)(C)C)c1ccc(C(=O)NCC(=N)N)cc1. The van der Waals surface area contributed by atoms with E-state index in [1.807, 2.05) is 17.0 Å². The van der Waals surface area contributed by atoms with Crippen LogP contribution in [0.15, 0.2) is 47.5 Å². The predicted octanol–water partition coefficient (Wildman–Crippen LogP) is 7.40. The molecule has 1 aliphatic carbocycles. The van der Waals surface area contributed by atoms with Crippen molar-refractivity contribution in [1.29, 1.82) is 5.41 Å². The molecule has 2 aromatic rings. The monoisotopic (exact) mass is 611 g/mol. The van der Waals surface area contributed by atoms with E-state index in [1.54, 1.807) is 30.3 Å². The molecule has 4 N–H and O–H groups in total. The lowest BCUT2D eigenvalue weighted by atomic mass is 9.75. The van der Waals surface area contributed by atoms with E-state index in [0.29, 0.717) is 38.7 Å². The van der Waals surface area contributed by atoms with Crippen molar-refractivity contribution < 1.29 is 9.59 Å². The highest BCUT2D eigenvalue weighted by Crippen LogP contribution is 2.48. The van der Waals surface area contributed by atoms with Gasteiger partial charge in [0.1, 0.15) is 17.2 Å². The zero-order valence-electron chi connectivity index (χ0n) is 25.3. The fourth-order valence-corrected chi connectivity index (χ4v) is 6.72. The summed E-state index contributed by atoms with van der Waals surface area (Å²) in [6.45, 7) is 11.1. The first kappa shape index (κ1) is 32.0. The number of amidine groups is 1. The topological polar surface area (TPSA) is 112 Å². The van der Waals surface area contributed by atoms with Crippen LogP contribution in [0.2, 0.25) is 10.0 Å². The number of benzene rings is 2. The van der Waals surface area contributed by atoms with E-state index < -0.39 is 5.66 Å². The molecule has 9 heteroatoms. The van der Waals surface area contributed by atoms with Crippen LogP contribution in [-0.4, -0.2) is 40.5 Å². The zero-order chi connectivity index (χ0) is 30.8. The molecule has 1 spiro atoms. The Morgan fingerprint density at radius 2 is 1.71 bits per heavy atom. The van der Waals surface area contributed by atoms with Crippen LogP contribution < -0.4 is 11.1 Å². The Bertz CT molecular complexity index is 1340. The Balaban J connectivity index is 1.76. The molecule has 1 aliphatic heterocycles. The summed E-state index contributed by atoms with van der Waals surface area (Å²) in [6.07, 6.45) is 5.21. The van der Waals surface area contributed by atoms with Crippen molar-refractivity contribution in [2.75, 3.05) is 6.54 Å². The van der Waals surface area contributed by atoms with E-state index in [2.05, 4.69) is 39.9 Å². The molecule has 4 rings (SSSR count).